The molecule has 0 aromatic heterocycles. The third-order valence-corrected chi connectivity index (χ3v) is 5.87. The highest BCUT2D eigenvalue weighted by Crippen LogP contribution is 2.20. The number of anilines is 1. The highest BCUT2D eigenvalue weighted by atomic mass is 32.1. The van der Waals surface area contributed by atoms with Gasteiger partial charge in [-0.25, -0.2) is 0 Å². The molecule has 0 unspecified atom stereocenters. The summed E-state index contributed by atoms with van der Waals surface area (Å²) in [5.74, 6) is 0.926. The molecular weight excluding hydrogens is 480 g/mol. The molecule has 4 rings (SSSR count). The monoisotopic (exact) mass is 510 g/mol. The molecule has 188 valence electrons. The summed E-state index contributed by atoms with van der Waals surface area (Å²) in [6, 6.07) is 35.1. The Morgan fingerprint density at radius 1 is 0.703 bits per heavy atom. The van der Waals surface area contributed by atoms with Crippen molar-refractivity contribution in [3.8, 4) is 11.5 Å². The van der Waals surface area contributed by atoms with Crippen molar-refractivity contribution in [1.82, 2.24) is 5.32 Å². The van der Waals surface area contributed by atoms with Crippen LogP contribution >= 0.6 is 12.2 Å². The molecule has 4 aromatic rings. The largest absolute Gasteiger partial charge is 0.494 e. The van der Waals surface area contributed by atoms with Gasteiger partial charge in [0.05, 0.1) is 18.8 Å². The number of para-hydroxylation sites is 1. The zero-order valence-corrected chi connectivity index (χ0v) is 21.4. The van der Waals surface area contributed by atoms with E-state index >= 15 is 0 Å². The van der Waals surface area contributed by atoms with Gasteiger partial charge in [-0.15, -0.1) is 0 Å². The minimum Gasteiger partial charge on any atom is -0.494 e. The highest BCUT2D eigenvalue weighted by molar-refractivity contribution is 7.80. The first-order chi connectivity index (χ1) is 18.2. The molecule has 0 saturated carbocycles. The van der Waals surface area contributed by atoms with Gasteiger partial charge in [-0.2, -0.15) is 0 Å². The molecule has 0 bridgehead atoms. The fourth-order valence-electron chi connectivity index (χ4n) is 3.81. The molecule has 0 aliphatic heterocycles. The molecule has 0 aliphatic rings. The number of amides is 1. The number of thiocarbonyl (C=S) groups is 1. The van der Waals surface area contributed by atoms with Crippen LogP contribution in [0.3, 0.4) is 0 Å². The second-order valence-electron chi connectivity index (χ2n) is 8.45. The van der Waals surface area contributed by atoms with Crippen LogP contribution in [-0.2, 0) is 12.8 Å². The van der Waals surface area contributed by atoms with E-state index in [1.165, 1.54) is 11.1 Å². The van der Waals surface area contributed by atoms with Crippen LogP contribution in [0.4, 0.5) is 5.69 Å². The SMILES string of the molecule is O=C(NC(=S)Nc1cccc(OCCCc2ccccc2)c1)c1ccccc1OCCc1ccccc1. The molecular formula is C31H30N2O3S. The van der Waals surface area contributed by atoms with Crippen molar-refractivity contribution in [2.24, 2.45) is 0 Å². The Kier molecular flexibility index (Phi) is 9.67. The van der Waals surface area contributed by atoms with E-state index in [4.69, 9.17) is 21.7 Å². The maximum atomic E-state index is 12.9. The number of ether oxygens (including phenoxy) is 2. The molecule has 2 N–H and O–H groups in total. The number of aryl methyl sites for hydroxylation is 1. The third kappa shape index (κ3) is 8.47. The lowest BCUT2D eigenvalue weighted by Crippen LogP contribution is -2.34. The van der Waals surface area contributed by atoms with Gasteiger partial charge in [-0.1, -0.05) is 78.9 Å². The van der Waals surface area contributed by atoms with E-state index in [2.05, 4.69) is 34.9 Å². The minimum atomic E-state index is -0.332. The first kappa shape index (κ1) is 25.9. The van der Waals surface area contributed by atoms with Crippen LogP contribution in [0.5, 0.6) is 11.5 Å². The summed E-state index contributed by atoms with van der Waals surface area (Å²) < 4.78 is 11.8. The van der Waals surface area contributed by atoms with E-state index in [1.807, 2.05) is 66.7 Å². The third-order valence-electron chi connectivity index (χ3n) is 5.66. The molecule has 5 nitrogen and oxygen atoms in total. The van der Waals surface area contributed by atoms with Crippen molar-refractivity contribution in [3.05, 3.63) is 126 Å². The summed E-state index contributed by atoms with van der Waals surface area (Å²) in [7, 11) is 0. The fourth-order valence-corrected chi connectivity index (χ4v) is 4.02. The highest BCUT2D eigenvalue weighted by Gasteiger charge is 2.14. The van der Waals surface area contributed by atoms with Crippen LogP contribution < -0.4 is 20.1 Å². The first-order valence-electron chi connectivity index (χ1n) is 12.3. The van der Waals surface area contributed by atoms with Crippen LogP contribution in [0.25, 0.3) is 0 Å². The Balaban J connectivity index is 1.25. The number of carbonyl (C=O) groups excluding carboxylic acids is 1. The minimum absolute atomic E-state index is 0.199. The van der Waals surface area contributed by atoms with Crippen LogP contribution in [0, 0.1) is 0 Å². The summed E-state index contributed by atoms with van der Waals surface area (Å²) in [5.41, 5.74) is 3.64. The lowest BCUT2D eigenvalue weighted by molar-refractivity contribution is 0.0974. The molecule has 37 heavy (non-hydrogen) atoms. The zero-order valence-electron chi connectivity index (χ0n) is 20.6. The molecule has 6 heteroatoms. The number of hydrogen-bond acceptors (Lipinski definition) is 4. The Morgan fingerprint density at radius 3 is 2.14 bits per heavy atom. The summed E-state index contributed by atoms with van der Waals surface area (Å²) in [4.78, 5) is 12.9. The maximum absolute atomic E-state index is 12.9. The Bertz CT molecular complexity index is 1300. The number of benzene rings is 4. The number of hydrogen-bond donors (Lipinski definition) is 2. The van der Waals surface area contributed by atoms with Gasteiger partial charge < -0.3 is 14.8 Å². The van der Waals surface area contributed by atoms with E-state index < -0.39 is 0 Å². The smallest absolute Gasteiger partial charge is 0.261 e. The van der Waals surface area contributed by atoms with Crippen LogP contribution in [-0.4, -0.2) is 24.2 Å². The molecule has 0 aliphatic carbocycles. The topological polar surface area (TPSA) is 59.6 Å². The number of nitrogens with one attached hydrogen (secondary N) is 2. The van der Waals surface area contributed by atoms with Gasteiger partial charge in [0.2, 0.25) is 0 Å². The average Bonchev–Trinajstić information content (AvgIpc) is 2.93. The predicted octanol–water partition coefficient (Wildman–Crippen LogP) is 6.45. The van der Waals surface area contributed by atoms with E-state index in [-0.39, 0.29) is 11.0 Å². The summed E-state index contributed by atoms with van der Waals surface area (Å²) in [5, 5.41) is 6.01. The van der Waals surface area contributed by atoms with Crippen LogP contribution in [0.2, 0.25) is 0 Å². The van der Waals surface area contributed by atoms with Crippen molar-refractivity contribution in [3.63, 3.8) is 0 Å². The molecule has 0 radical (unpaired) electrons. The average molecular weight is 511 g/mol. The zero-order chi connectivity index (χ0) is 25.7. The van der Waals surface area contributed by atoms with Gasteiger partial charge in [0.15, 0.2) is 5.11 Å². The molecule has 0 saturated heterocycles. The lowest BCUT2D eigenvalue weighted by atomic mass is 10.1. The molecule has 0 atom stereocenters. The van der Waals surface area contributed by atoms with E-state index in [0.29, 0.717) is 24.5 Å². The van der Waals surface area contributed by atoms with Crippen molar-refractivity contribution >= 4 is 28.9 Å². The molecule has 4 aromatic carbocycles. The van der Waals surface area contributed by atoms with Crippen molar-refractivity contribution in [2.45, 2.75) is 19.3 Å². The van der Waals surface area contributed by atoms with Crippen LogP contribution in [0.1, 0.15) is 27.9 Å². The summed E-state index contributed by atoms with van der Waals surface area (Å²) >= 11 is 5.39. The Labute approximate surface area is 223 Å². The molecule has 0 heterocycles. The predicted molar refractivity (Wildman–Crippen MR) is 152 cm³/mol. The van der Waals surface area contributed by atoms with Gasteiger partial charge in [0.25, 0.3) is 5.91 Å². The number of carbonyl (C=O) groups is 1. The Morgan fingerprint density at radius 2 is 1.38 bits per heavy atom. The van der Waals surface area contributed by atoms with Gasteiger partial charge in [-0.05, 0) is 60.5 Å². The van der Waals surface area contributed by atoms with E-state index in [0.717, 1.165) is 30.7 Å². The quantitative estimate of drug-likeness (QED) is 0.179. The van der Waals surface area contributed by atoms with Crippen LogP contribution in [0.15, 0.2) is 109 Å². The molecule has 0 spiro atoms. The van der Waals surface area contributed by atoms with Crippen molar-refractivity contribution in [2.75, 3.05) is 18.5 Å². The second-order valence-corrected chi connectivity index (χ2v) is 8.86. The van der Waals surface area contributed by atoms with E-state index in [9.17, 15) is 4.79 Å². The van der Waals surface area contributed by atoms with Crippen molar-refractivity contribution in [1.29, 1.82) is 0 Å². The Hall–Kier alpha value is -4.16. The molecule has 1 amide bonds. The van der Waals surface area contributed by atoms with E-state index in [1.54, 1.807) is 18.2 Å². The first-order valence-corrected chi connectivity index (χ1v) is 12.7. The van der Waals surface area contributed by atoms with Gasteiger partial charge in [0, 0.05) is 18.2 Å². The summed E-state index contributed by atoms with van der Waals surface area (Å²) in [6.45, 7) is 1.08. The summed E-state index contributed by atoms with van der Waals surface area (Å²) in [6.07, 6.45) is 2.64. The fraction of sp³-hybridized carbons (Fsp3) is 0.161. The number of rotatable bonds is 11. The molecule has 0 fully saturated rings. The maximum Gasteiger partial charge on any atom is 0.261 e. The van der Waals surface area contributed by atoms with Crippen molar-refractivity contribution < 1.29 is 14.3 Å². The lowest BCUT2D eigenvalue weighted by Gasteiger charge is -2.14. The van der Waals surface area contributed by atoms with Gasteiger partial charge >= 0.3 is 0 Å². The second kappa shape index (κ2) is 13.8. The van der Waals surface area contributed by atoms with Gasteiger partial charge in [-0.3, -0.25) is 10.1 Å². The standard InChI is InChI=1S/C31H30N2O3S/c34-30(28-18-7-8-19-29(28)36-22-20-25-13-5-2-6-14-25)33-31(37)32-26-16-9-17-27(23-26)35-21-10-15-24-11-3-1-4-12-24/h1-9,11-14,16-19,23H,10,15,20-22H2,(H2,32,33,34,37). The normalized spacial score (nSPS) is 10.4. The van der Waals surface area contributed by atoms with Gasteiger partial charge in [0.1, 0.15) is 11.5 Å².